The highest BCUT2D eigenvalue weighted by Gasteiger charge is 2.21. The number of nitrogens with two attached hydrogens (primary N) is 1. The molecule has 2 aromatic heterocycles. The van der Waals surface area contributed by atoms with Crippen LogP contribution in [0.15, 0.2) is 24.3 Å². The number of nitrogens with zero attached hydrogens (tertiary/aromatic N) is 1. The standard InChI is InChI=1S/C20H23N3O2S/c1-11(2)12-5-6-16-13(8-12)9-15-17(21)18(26-20(15)23-16)19(24)22-10-14-4-3-7-25-14/h5-6,8-9,11,14H,3-4,7,10,21H2,1-2H3,(H,22,24)/t14-/m1/s1. The van der Waals surface area contributed by atoms with Crippen LogP contribution in [0.3, 0.4) is 0 Å². The maximum atomic E-state index is 12.6. The molecule has 1 atom stereocenters. The van der Waals surface area contributed by atoms with E-state index in [0.717, 1.165) is 40.6 Å². The minimum absolute atomic E-state index is 0.115. The van der Waals surface area contributed by atoms with Crippen LogP contribution in [0.1, 0.15) is 47.8 Å². The number of pyridine rings is 1. The number of thiophene rings is 1. The normalized spacial score (nSPS) is 17.4. The summed E-state index contributed by atoms with van der Waals surface area (Å²) in [5.41, 5.74) is 9.00. The highest BCUT2D eigenvalue weighted by molar-refractivity contribution is 7.21. The van der Waals surface area contributed by atoms with E-state index >= 15 is 0 Å². The van der Waals surface area contributed by atoms with Gasteiger partial charge in [0.25, 0.3) is 5.91 Å². The zero-order chi connectivity index (χ0) is 18.3. The van der Waals surface area contributed by atoms with Gasteiger partial charge in [-0.05, 0) is 42.5 Å². The zero-order valence-electron chi connectivity index (χ0n) is 15.0. The molecule has 1 aromatic carbocycles. The van der Waals surface area contributed by atoms with Gasteiger partial charge in [-0.1, -0.05) is 19.9 Å². The van der Waals surface area contributed by atoms with Crippen LogP contribution < -0.4 is 11.1 Å². The summed E-state index contributed by atoms with van der Waals surface area (Å²) in [4.78, 5) is 18.6. The predicted octanol–water partition coefficient (Wildman–Crippen LogP) is 4.06. The molecule has 1 aliphatic rings. The summed E-state index contributed by atoms with van der Waals surface area (Å²) < 4.78 is 5.56. The summed E-state index contributed by atoms with van der Waals surface area (Å²) in [7, 11) is 0. The monoisotopic (exact) mass is 369 g/mol. The van der Waals surface area contributed by atoms with Crippen molar-refractivity contribution in [1.29, 1.82) is 0 Å². The molecule has 136 valence electrons. The van der Waals surface area contributed by atoms with E-state index in [-0.39, 0.29) is 12.0 Å². The SMILES string of the molecule is CC(C)c1ccc2nc3sc(C(=O)NC[C@H]4CCCO4)c(N)c3cc2c1. The van der Waals surface area contributed by atoms with Crippen LogP contribution in [0, 0.1) is 0 Å². The Balaban J connectivity index is 1.66. The largest absolute Gasteiger partial charge is 0.397 e. The third-order valence-electron chi connectivity index (χ3n) is 4.92. The first-order valence-corrected chi connectivity index (χ1v) is 9.87. The molecule has 0 unspecified atom stereocenters. The second-order valence-electron chi connectivity index (χ2n) is 7.14. The summed E-state index contributed by atoms with van der Waals surface area (Å²) >= 11 is 1.35. The molecular formula is C20H23N3O2S. The Kier molecular flexibility index (Phi) is 4.54. The van der Waals surface area contributed by atoms with Gasteiger partial charge in [-0.15, -0.1) is 11.3 Å². The Labute approximate surface area is 156 Å². The van der Waals surface area contributed by atoms with E-state index < -0.39 is 0 Å². The minimum atomic E-state index is -0.145. The molecule has 0 bridgehead atoms. The van der Waals surface area contributed by atoms with Crippen LogP contribution >= 0.6 is 11.3 Å². The van der Waals surface area contributed by atoms with Gasteiger partial charge in [0, 0.05) is 23.9 Å². The van der Waals surface area contributed by atoms with E-state index in [4.69, 9.17) is 15.5 Å². The van der Waals surface area contributed by atoms with Gasteiger partial charge in [0.2, 0.25) is 0 Å². The van der Waals surface area contributed by atoms with Crippen molar-refractivity contribution in [3.8, 4) is 0 Å². The third-order valence-corrected chi connectivity index (χ3v) is 6.04. The molecule has 3 heterocycles. The number of rotatable bonds is 4. The average Bonchev–Trinajstić information content (AvgIpc) is 3.26. The van der Waals surface area contributed by atoms with Crippen molar-refractivity contribution in [2.45, 2.75) is 38.7 Å². The smallest absolute Gasteiger partial charge is 0.263 e. The fourth-order valence-corrected chi connectivity index (χ4v) is 4.34. The molecule has 5 nitrogen and oxygen atoms in total. The fourth-order valence-electron chi connectivity index (χ4n) is 3.34. The fraction of sp³-hybridized carbons (Fsp3) is 0.400. The first-order valence-electron chi connectivity index (χ1n) is 9.05. The quantitative estimate of drug-likeness (QED) is 0.727. The lowest BCUT2D eigenvalue weighted by atomic mass is 10.0. The number of aromatic nitrogens is 1. The number of hydrogen-bond donors (Lipinski definition) is 2. The summed E-state index contributed by atoms with van der Waals surface area (Å²) in [5, 5.41) is 4.85. The number of carbonyl (C=O) groups excluding carboxylic acids is 1. The molecule has 1 fully saturated rings. The van der Waals surface area contributed by atoms with Crippen molar-refractivity contribution in [2.24, 2.45) is 0 Å². The highest BCUT2D eigenvalue weighted by atomic mass is 32.1. The second kappa shape index (κ2) is 6.85. The summed E-state index contributed by atoms with van der Waals surface area (Å²) in [5.74, 6) is 0.307. The number of ether oxygens (including phenoxy) is 1. The van der Waals surface area contributed by atoms with Crippen molar-refractivity contribution in [1.82, 2.24) is 10.3 Å². The molecular weight excluding hydrogens is 346 g/mol. The Bertz CT molecular complexity index is 974. The van der Waals surface area contributed by atoms with Gasteiger partial charge in [0.05, 0.1) is 17.3 Å². The lowest BCUT2D eigenvalue weighted by Crippen LogP contribution is -2.31. The van der Waals surface area contributed by atoms with Crippen LogP contribution in [-0.4, -0.2) is 30.1 Å². The van der Waals surface area contributed by atoms with E-state index in [0.29, 0.717) is 23.0 Å². The van der Waals surface area contributed by atoms with Gasteiger partial charge >= 0.3 is 0 Å². The van der Waals surface area contributed by atoms with Gasteiger partial charge in [0.15, 0.2) is 0 Å². The van der Waals surface area contributed by atoms with E-state index in [9.17, 15) is 4.79 Å². The molecule has 6 heteroatoms. The minimum Gasteiger partial charge on any atom is -0.397 e. The Morgan fingerprint density at radius 3 is 3.00 bits per heavy atom. The molecule has 3 aromatic rings. The maximum absolute atomic E-state index is 12.6. The van der Waals surface area contributed by atoms with Gasteiger partial charge in [-0.25, -0.2) is 4.98 Å². The Morgan fingerprint density at radius 1 is 1.42 bits per heavy atom. The van der Waals surface area contributed by atoms with Crippen LogP contribution in [-0.2, 0) is 4.74 Å². The molecule has 1 aliphatic heterocycles. The van der Waals surface area contributed by atoms with E-state index in [1.807, 2.05) is 12.1 Å². The number of amides is 1. The number of nitrogen functional groups attached to an aromatic ring is 1. The Hall–Kier alpha value is -2.18. The molecule has 26 heavy (non-hydrogen) atoms. The van der Waals surface area contributed by atoms with Crippen molar-refractivity contribution >= 4 is 44.1 Å². The molecule has 1 amide bonds. The number of carbonyl (C=O) groups is 1. The molecule has 0 saturated carbocycles. The number of hydrogen-bond acceptors (Lipinski definition) is 5. The molecule has 3 N–H and O–H groups in total. The van der Waals surface area contributed by atoms with Crippen molar-refractivity contribution in [2.75, 3.05) is 18.9 Å². The van der Waals surface area contributed by atoms with E-state index in [1.165, 1.54) is 16.9 Å². The van der Waals surface area contributed by atoms with Gasteiger partial charge in [-0.2, -0.15) is 0 Å². The van der Waals surface area contributed by atoms with Crippen molar-refractivity contribution in [3.63, 3.8) is 0 Å². The summed E-state index contributed by atoms with van der Waals surface area (Å²) in [6.45, 7) is 5.64. The third kappa shape index (κ3) is 3.15. The predicted molar refractivity (Wildman–Crippen MR) is 107 cm³/mol. The number of fused-ring (bicyclic) bond motifs is 2. The molecule has 0 spiro atoms. The Morgan fingerprint density at radius 2 is 2.27 bits per heavy atom. The second-order valence-corrected chi connectivity index (χ2v) is 8.14. The lowest BCUT2D eigenvalue weighted by molar-refractivity contribution is 0.0862. The molecule has 0 aliphatic carbocycles. The first-order chi connectivity index (χ1) is 12.5. The maximum Gasteiger partial charge on any atom is 0.263 e. The number of anilines is 1. The average molecular weight is 369 g/mol. The van der Waals surface area contributed by atoms with Crippen LogP contribution in [0.2, 0.25) is 0 Å². The summed E-state index contributed by atoms with van der Waals surface area (Å²) in [6.07, 6.45) is 2.16. The van der Waals surface area contributed by atoms with E-state index in [1.54, 1.807) is 0 Å². The zero-order valence-corrected chi connectivity index (χ0v) is 15.9. The van der Waals surface area contributed by atoms with Gasteiger partial charge in [0.1, 0.15) is 9.71 Å². The first kappa shape index (κ1) is 17.2. The van der Waals surface area contributed by atoms with Gasteiger partial charge in [-0.3, -0.25) is 4.79 Å². The molecule has 4 rings (SSSR count). The highest BCUT2D eigenvalue weighted by Crippen LogP contribution is 2.35. The van der Waals surface area contributed by atoms with Crippen molar-refractivity contribution < 1.29 is 9.53 Å². The summed E-state index contributed by atoms with van der Waals surface area (Å²) in [6, 6.07) is 8.35. The number of nitrogens with one attached hydrogen (secondary N) is 1. The number of benzene rings is 1. The lowest BCUT2D eigenvalue weighted by Gasteiger charge is -2.10. The van der Waals surface area contributed by atoms with Crippen LogP contribution in [0.5, 0.6) is 0 Å². The van der Waals surface area contributed by atoms with Crippen molar-refractivity contribution in [3.05, 3.63) is 34.7 Å². The molecule has 1 saturated heterocycles. The molecule has 0 radical (unpaired) electrons. The topological polar surface area (TPSA) is 77.2 Å². The van der Waals surface area contributed by atoms with Crippen LogP contribution in [0.25, 0.3) is 21.1 Å². The van der Waals surface area contributed by atoms with Crippen LogP contribution in [0.4, 0.5) is 5.69 Å². The van der Waals surface area contributed by atoms with E-state index in [2.05, 4.69) is 31.3 Å². The van der Waals surface area contributed by atoms with Gasteiger partial charge < -0.3 is 15.8 Å².